The second-order valence-corrected chi connectivity index (χ2v) is 4.75. The van der Waals surface area contributed by atoms with Gasteiger partial charge in [0.1, 0.15) is 0 Å². The van der Waals surface area contributed by atoms with Gasteiger partial charge in [-0.25, -0.2) is 0 Å². The van der Waals surface area contributed by atoms with Gasteiger partial charge >= 0.3 is 0 Å². The lowest BCUT2D eigenvalue weighted by Crippen LogP contribution is -2.34. The maximum atomic E-state index is 5.57. The van der Waals surface area contributed by atoms with Crippen molar-refractivity contribution in [1.29, 1.82) is 0 Å². The minimum absolute atomic E-state index is 0.0358. The summed E-state index contributed by atoms with van der Waals surface area (Å²) in [4.78, 5) is 3.32. The van der Waals surface area contributed by atoms with Crippen molar-refractivity contribution in [2.45, 2.75) is 46.3 Å². The summed E-state index contributed by atoms with van der Waals surface area (Å²) in [5.41, 5.74) is 0.0358. The average molecular weight is 161 g/mol. The summed E-state index contributed by atoms with van der Waals surface area (Å²) in [6, 6.07) is 0.564. The van der Waals surface area contributed by atoms with Gasteiger partial charge in [-0.2, -0.15) is 0 Å². The third kappa shape index (κ3) is 8.14. The fourth-order valence-corrected chi connectivity index (χ4v) is 1.27. The molecule has 0 fully saturated rings. The minimum atomic E-state index is -0.490. The van der Waals surface area contributed by atoms with Crippen LogP contribution in [0.3, 0.4) is 0 Å². The molecular weight excluding hydrogens is 142 g/mol. The van der Waals surface area contributed by atoms with Crippen LogP contribution in [0.2, 0.25) is 0 Å². The van der Waals surface area contributed by atoms with E-state index in [0.717, 1.165) is 0 Å². The van der Waals surface area contributed by atoms with Crippen LogP contribution in [0.5, 0.6) is 0 Å². The normalized spacial score (nSPS) is 13.8. The van der Waals surface area contributed by atoms with Gasteiger partial charge in [-0.15, -0.1) is 0 Å². The van der Waals surface area contributed by atoms with Gasteiger partial charge in [0.2, 0.25) is 9.92 Å². The Balaban J connectivity index is 3.21. The van der Waals surface area contributed by atoms with Gasteiger partial charge in [0.15, 0.2) is 0 Å². The van der Waals surface area contributed by atoms with E-state index < -0.39 is 9.92 Å². The average Bonchev–Trinajstić information content (AvgIpc) is 1.59. The third-order valence-electron chi connectivity index (χ3n) is 0.997. The Labute approximate surface area is 66.4 Å². The van der Waals surface area contributed by atoms with Crippen molar-refractivity contribution in [2.24, 2.45) is 0 Å². The monoisotopic (exact) mass is 161 g/mol. The minimum Gasteiger partial charge on any atom is -0.404 e. The molecule has 1 N–H and O–H groups in total. The zero-order chi connectivity index (χ0) is 8.20. The summed E-state index contributed by atoms with van der Waals surface area (Å²) in [6.45, 7) is 10.5. The van der Waals surface area contributed by atoms with Crippen LogP contribution in [-0.4, -0.2) is 21.6 Å². The fraction of sp³-hybridized carbons (Fsp3) is 1.00. The van der Waals surface area contributed by atoms with E-state index in [4.69, 9.17) is 4.43 Å². The van der Waals surface area contributed by atoms with E-state index in [9.17, 15) is 0 Å². The molecule has 0 bridgehead atoms. The van der Waals surface area contributed by atoms with Crippen LogP contribution in [0.25, 0.3) is 0 Å². The smallest absolute Gasteiger partial charge is 0.236 e. The molecule has 0 amide bonds. The summed E-state index contributed by atoms with van der Waals surface area (Å²) < 4.78 is 5.57. The highest BCUT2D eigenvalue weighted by molar-refractivity contribution is 6.23. The van der Waals surface area contributed by atoms with Crippen LogP contribution in [0.15, 0.2) is 0 Å². The number of nitrogens with one attached hydrogen (secondary N) is 1. The second-order valence-electron chi connectivity index (χ2n) is 3.76. The first-order valence-electron chi connectivity index (χ1n) is 3.79. The van der Waals surface area contributed by atoms with Crippen molar-refractivity contribution in [1.82, 2.24) is 4.98 Å². The SMILES string of the molecule is CC(C)N[SiH2]OC(C)(C)C. The molecule has 62 valence electrons. The molecule has 0 aliphatic carbocycles. The molecule has 0 rings (SSSR count). The Bertz CT molecular complexity index is 88.1. The van der Waals surface area contributed by atoms with Gasteiger partial charge in [-0.1, -0.05) is 13.8 Å². The highest BCUT2D eigenvalue weighted by Gasteiger charge is 2.08. The van der Waals surface area contributed by atoms with Crippen molar-refractivity contribution in [2.75, 3.05) is 0 Å². The number of rotatable bonds is 3. The largest absolute Gasteiger partial charge is 0.404 e. The van der Waals surface area contributed by atoms with E-state index in [1.165, 1.54) is 0 Å². The molecule has 0 atom stereocenters. The highest BCUT2D eigenvalue weighted by atomic mass is 28.2. The molecule has 10 heavy (non-hydrogen) atoms. The lowest BCUT2D eigenvalue weighted by molar-refractivity contribution is 0.134. The first kappa shape index (κ1) is 10.1. The van der Waals surface area contributed by atoms with Crippen molar-refractivity contribution in [3.05, 3.63) is 0 Å². The van der Waals surface area contributed by atoms with E-state index in [-0.39, 0.29) is 5.60 Å². The number of hydrogen-bond donors (Lipinski definition) is 1. The molecule has 0 unspecified atom stereocenters. The van der Waals surface area contributed by atoms with E-state index in [2.05, 4.69) is 39.6 Å². The van der Waals surface area contributed by atoms with Crippen molar-refractivity contribution in [3.63, 3.8) is 0 Å². The second kappa shape index (κ2) is 4.11. The lowest BCUT2D eigenvalue weighted by atomic mass is 10.2. The van der Waals surface area contributed by atoms with Gasteiger partial charge < -0.3 is 9.41 Å². The van der Waals surface area contributed by atoms with Gasteiger partial charge in [-0.3, -0.25) is 0 Å². The predicted molar refractivity (Wildman–Crippen MR) is 47.7 cm³/mol. The van der Waals surface area contributed by atoms with Crippen LogP contribution < -0.4 is 4.98 Å². The third-order valence-corrected chi connectivity index (χ3v) is 2.99. The molecule has 0 aromatic heterocycles. The molecule has 2 nitrogen and oxygen atoms in total. The van der Waals surface area contributed by atoms with Crippen LogP contribution >= 0.6 is 0 Å². The zero-order valence-electron chi connectivity index (χ0n) is 7.69. The van der Waals surface area contributed by atoms with Crippen molar-refractivity contribution in [3.8, 4) is 0 Å². The van der Waals surface area contributed by atoms with Gasteiger partial charge in [0.05, 0.1) is 0 Å². The molecule has 0 heterocycles. The summed E-state index contributed by atoms with van der Waals surface area (Å²) in [5, 5.41) is 0. The molecule has 0 radical (unpaired) electrons. The van der Waals surface area contributed by atoms with Crippen LogP contribution in [0.1, 0.15) is 34.6 Å². The lowest BCUT2D eigenvalue weighted by Gasteiger charge is -2.20. The topological polar surface area (TPSA) is 21.3 Å². The molecule has 0 aliphatic heterocycles. The molecule has 0 aromatic rings. The summed E-state index contributed by atoms with van der Waals surface area (Å²) >= 11 is 0. The van der Waals surface area contributed by atoms with Gasteiger partial charge in [0, 0.05) is 5.60 Å². The maximum Gasteiger partial charge on any atom is 0.236 e. The first-order chi connectivity index (χ1) is 4.42. The Morgan fingerprint density at radius 2 is 1.80 bits per heavy atom. The van der Waals surface area contributed by atoms with E-state index in [0.29, 0.717) is 6.04 Å². The predicted octanol–water partition coefficient (Wildman–Crippen LogP) is 0.798. The Morgan fingerprint density at radius 1 is 1.30 bits per heavy atom. The van der Waals surface area contributed by atoms with Gasteiger partial charge in [-0.05, 0) is 26.8 Å². The molecule has 0 saturated heterocycles. The molecule has 0 spiro atoms. The Morgan fingerprint density at radius 3 is 2.10 bits per heavy atom. The number of hydrogen-bond acceptors (Lipinski definition) is 2. The Kier molecular flexibility index (Phi) is 4.16. The van der Waals surface area contributed by atoms with E-state index in [1.807, 2.05) is 0 Å². The van der Waals surface area contributed by atoms with Crippen LogP contribution in [0.4, 0.5) is 0 Å². The quantitative estimate of drug-likeness (QED) is 0.618. The zero-order valence-corrected chi connectivity index (χ0v) is 9.11. The van der Waals surface area contributed by atoms with Crippen LogP contribution in [0, 0.1) is 0 Å². The van der Waals surface area contributed by atoms with E-state index in [1.54, 1.807) is 0 Å². The highest BCUT2D eigenvalue weighted by Crippen LogP contribution is 2.03. The Hall–Kier alpha value is 0.137. The van der Waals surface area contributed by atoms with Crippen LogP contribution in [-0.2, 0) is 4.43 Å². The van der Waals surface area contributed by atoms with Gasteiger partial charge in [0.25, 0.3) is 0 Å². The maximum absolute atomic E-state index is 5.57. The molecular formula is C7H19NOSi. The summed E-state index contributed by atoms with van der Waals surface area (Å²) in [6.07, 6.45) is 0. The molecule has 0 aliphatic rings. The molecule has 3 heteroatoms. The standard InChI is InChI=1S/C7H19NOSi/c1-6(2)8-10-9-7(3,4)5/h6,8H,10H2,1-5H3. The molecule has 0 saturated carbocycles. The fourth-order valence-electron chi connectivity index (χ4n) is 0.425. The van der Waals surface area contributed by atoms with Crippen molar-refractivity contribution >= 4 is 9.92 Å². The first-order valence-corrected chi connectivity index (χ1v) is 5.07. The summed E-state index contributed by atoms with van der Waals surface area (Å²) in [5.74, 6) is 0. The van der Waals surface area contributed by atoms with Crippen molar-refractivity contribution < 1.29 is 4.43 Å². The molecule has 0 aromatic carbocycles. The summed E-state index contributed by atoms with van der Waals surface area (Å²) in [7, 11) is -0.490. The van der Waals surface area contributed by atoms with E-state index >= 15 is 0 Å².